The van der Waals surface area contributed by atoms with Gasteiger partial charge in [-0.15, -0.1) is 0 Å². The van der Waals surface area contributed by atoms with Gasteiger partial charge in [-0.05, 0) is 29.8 Å². The lowest BCUT2D eigenvalue weighted by molar-refractivity contribution is 0.576. The molecule has 1 aromatic rings. The van der Waals surface area contributed by atoms with Crippen LogP contribution in [0.15, 0.2) is 9.98 Å². The predicted octanol–water partition coefficient (Wildman–Crippen LogP) is 3.21. The molecule has 0 amide bonds. The highest BCUT2D eigenvalue weighted by Gasteiger charge is 2.39. The number of hydrogen-bond donors (Lipinski definition) is 1. The van der Waals surface area contributed by atoms with Crippen LogP contribution in [0.4, 0.5) is 5.13 Å². The molecule has 2 nitrogen and oxygen atoms in total. The molecule has 2 rings (SSSR count). The molecule has 13 heavy (non-hydrogen) atoms. The van der Waals surface area contributed by atoms with E-state index in [0.717, 1.165) is 8.92 Å². The summed E-state index contributed by atoms with van der Waals surface area (Å²) >= 11 is 7.05. The van der Waals surface area contributed by atoms with Crippen LogP contribution in [0.25, 0.3) is 0 Å². The van der Waals surface area contributed by atoms with Gasteiger partial charge < -0.3 is 5.32 Å². The maximum Gasteiger partial charge on any atom is 0.183 e. The summed E-state index contributed by atoms with van der Waals surface area (Å²) in [6, 6.07) is 0.565. The molecule has 72 valence electrons. The Balaban J connectivity index is 1.99. The fraction of sp³-hybridized carbons (Fsp3) is 0.625. The Hall–Kier alpha value is 0.260. The number of nitrogens with one attached hydrogen (secondary N) is 1. The van der Waals surface area contributed by atoms with E-state index in [4.69, 9.17) is 0 Å². The van der Waals surface area contributed by atoms with Crippen molar-refractivity contribution in [1.82, 2.24) is 4.98 Å². The van der Waals surface area contributed by atoms with Gasteiger partial charge in [-0.1, -0.05) is 11.3 Å². The number of nitrogens with zero attached hydrogens (tertiary/aromatic N) is 1. The highest BCUT2D eigenvalue weighted by molar-refractivity contribution is 9.11. The zero-order valence-electron chi connectivity index (χ0n) is 7.50. The first kappa shape index (κ1) is 9.80. The Morgan fingerprint density at radius 3 is 2.85 bits per heavy atom. The molecule has 1 aromatic heterocycles. The molecule has 0 spiro atoms. The third-order valence-electron chi connectivity index (χ3n) is 2.24. The normalized spacial score (nSPS) is 25.3. The summed E-state index contributed by atoms with van der Waals surface area (Å²) in [6.45, 7) is 4.53. The van der Waals surface area contributed by atoms with Crippen LogP contribution in [0.3, 0.4) is 0 Å². The molecule has 1 aliphatic heterocycles. The number of halogens is 1. The Kier molecular flexibility index (Phi) is 2.59. The van der Waals surface area contributed by atoms with Crippen LogP contribution in [0.5, 0.6) is 0 Å². The predicted molar refractivity (Wildman–Crippen MR) is 63.8 cm³/mol. The van der Waals surface area contributed by atoms with Crippen LogP contribution < -0.4 is 5.32 Å². The van der Waals surface area contributed by atoms with E-state index in [1.54, 1.807) is 11.3 Å². The van der Waals surface area contributed by atoms with Gasteiger partial charge in [0.25, 0.3) is 0 Å². The van der Waals surface area contributed by atoms with Gasteiger partial charge in [0.05, 0.1) is 16.0 Å². The average molecular weight is 279 g/mol. The van der Waals surface area contributed by atoms with Gasteiger partial charge in [0, 0.05) is 10.5 Å². The van der Waals surface area contributed by atoms with E-state index in [1.165, 1.54) is 5.75 Å². The van der Waals surface area contributed by atoms with Gasteiger partial charge in [-0.3, -0.25) is 0 Å². The molecule has 0 radical (unpaired) electrons. The third kappa shape index (κ3) is 2.02. The van der Waals surface area contributed by atoms with E-state index >= 15 is 0 Å². The van der Waals surface area contributed by atoms with Crippen molar-refractivity contribution in [2.75, 3.05) is 11.1 Å². The molecule has 1 atom stereocenters. The molecule has 2 heterocycles. The van der Waals surface area contributed by atoms with Crippen LogP contribution in [0, 0.1) is 0 Å². The second kappa shape index (κ2) is 3.44. The van der Waals surface area contributed by atoms with Gasteiger partial charge in [0.1, 0.15) is 0 Å². The average Bonchev–Trinajstić information content (AvgIpc) is 2.46. The molecule has 0 aromatic carbocycles. The summed E-state index contributed by atoms with van der Waals surface area (Å²) in [6.07, 6.45) is 1.84. The maximum atomic E-state index is 4.25. The number of aromatic nitrogens is 1. The van der Waals surface area contributed by atoms with E-state index in [-0.39, 0.29) is 0 Å². The minimum Gasteiger partial charge on any atom is -0.357 e. The molecule has 1 saturated heterocycles. The van der Waals surface area contributed by atoms with Crippen molar-refractivity contribution in [3.8, 4) is 0 Å². The minimum absolute atomic E-state index is 0.359. The standard InChI is InChI=1S/C8H11BrN2S2/c1-8(2)5(4-12-8)11-7-10-3-6(9)13-7/h3,5H,4H2,1-2H3,(H,10,11). The Labute approximate surface area is 94.7 Å². The molecule has 1 fully saturated rings. The summed E-state index contributed by atoms with van der Waals surface area (Å²) in [5, 5.41) is 4.46. The highest BCUT2D eigenvalue weighted by atomic mass is 79.9. The van der Waals surface area contributed by atoms with Gasteiger partial charge >= 0.3 is 0 Å². The summed E-state index contributed by atoms with van der Waals surface area (Å²) in [4.78, 5) is 4.25. The second-order valence-corrected chi connectivity index (χ2v) is 7.66. The van der Waals surface area contributed by atoms with Crippen LogP contribution >= 0.6 is 39.0 Å². The topological polar surface area (TPSA) is 24.9 Å². The summed E-state index contributed by atoms with van der Waals surface area (Å²) < 4.78 is 1.44. The van der Waals surface area contributed by atoms with Crippen molar-refractivity contribution in [2.45, 2.75) is 24.6 Å². The Morgan fingerprint density at radius 2 is 2.46 bits per heavy atom. The third-order valence-corrected chi connectivity index (χ3v) is 5.17. The number of thioether (sulfide) groups is 1. The zero-order valence-corrected chi connectivity index (χ0v) is 10.7. The Morgan fingerprint density at radius 1 is 1.69 bits per heavy atom. The summed E-state index contributed by atoms with van der Waals surface area (Å²) in [5.41, 5.74) is 0. The molecule has 0 bridgehead atoms. The largest absolute Gasteiger partial charge is 0.357 e. The maximum absolute atomic E-state index is 4.25. The first-order chi connectivity index (χ1) is 6.08. The van der Waals surface area contributed by atoms with Crippen molar-refractivity contribution < 1.29 is 0 Å². The molecule has 1 aliphatic rings. The lowest BCUT2D eigenvalue weighted by atomic mass is 10.0. The van der Waals surface area contributed by atoms with Gasteiger partial charge in [0.2, 0.25) is 0 Å². The fourth-order valence-corrected chi connectivity index (χ4v) is 3.49. The summed E-state index contributed by atoms with van der Waals surface area (Å²) in [5.74, 6) is 1.18. The molecule has 5 heteroatoms. The number of thiazole rings is 1. The lowest BCUT2D eigenvalue weighted by Gasteiger charge is -2.43. The molecule has 1 N–H and O–H groups in total. The number of anilines is 1. The van der Waals surface area contributed by atoms with Crippen LogP contribution in [0.1, 0.15) is 13.8 Å². The Bertz CT molecular complexity index is 311. The van der Waals surface area contributed by atoms with E-state index in [1.807, 2.05) is 18.0 Å². The monoisotopic (exact) mass is 278 g/mol. The SMILES string of the molecule is CC1(C)SCC1Nc1ncc(Br)s1. The highest BCUT2D eigenvalue weighted by Crippen LogP contribution is 2.42. The smallest absolute Gasteiger partial charge is 0.183 e. The molecular weight excluding hydrogens is 268 g/mol. The first-order valence-corrected chi connectivity index (χ1v) is 6.69. The lowest BCUT2D eigenvalue weighted by Crippen LogP contribution is -2.50. The van der Waals surface area contributed by atoms with E-state index in [9.17, 15) is 0 Å². The van der Waals surface area contributed by atoms with Gasteiger partial charge in [-0.2, -0.15) is 11.8 Å². The van der Waals surface area contributed by atoms with Crippen molar-refractivity contribution in [3.63, 3.8) is 0 Å². The zero-order chi connectivity index (χ0) is 9.47. The van der Waals surface area contributed by atoms with Crippen molar-refractivity contribution >= 4 is 44.2 Å². The minimum atomic E-state index is 0.359. The van der Waals surface area contributed by atoms with Crippen LogP contribution in [-0.4, -0.2) is 21.5 Å². The number of hydrogen-bond acceptors (Lipinski definition) is 4. The van der Waals surface area contributed by atoms with Crippen molar-refractivity contribution in [1.29, 1.82) is 0 Å². The van der Waals surface area contributed by atoms with Gasteiger partial charge in [-0.25, -0.2) is 4.98 Å². The second-order valence-electron chi connectivity index (χ2n) is 3.58. The van der Waals surface area contributed by atoms with E-state index < -0.39 is 0 Å². The van der Waals surface area contributed by atoms with Crippen LogP contribution in [-0.2, 0) is 0 Å². The van der Waals surface area contributed by atoms with E-state index in [2.05, 4.69) is 40.1 Å². The van der Waals surface area contributed by atoms with Gasteiger partial charge in [0.15, 0.2) is 5.13 Å². The van der Waals surface area contributed by atoms with E-state index in [0.29, 0.717) is 10.8 Å². The summed E-state index contributed by atoms with van der Waals surface area (Å²) in [7, 11) is 0. The quantitative estimate of drug-likeness (QED) is 0.899. The first-order valence-electron chi connectivity index (χ1n) is 4.10. The van der Waals surface area contributed by atoms with Crippen molar-refractivity contribution in [2.24, 2.45) is 0 Å². The van der Waals surface area contributed by atoms with Crippen LogP contribution in [0.2, 0.25) is 0 Å². The fourth-order valence-electron chi connectivity index (χ4n) is 1.19. The molecular formula is C8H11BrN2S2. The molecule has 0 aliphatic carbocycles. The number of rotatable bonds is 2. The molecule has 0 saturated carbocycles. The van der Waals surface area contributed by atoms with Crippen molar-refractivity contribution in [3.05, 3.63) is 9.98 Å². The molecule has 1 unspecified atom stereocenters.